The van der Waals surface area contributed by atoms with Gasteiger partial charge >= 0.3 is 0 Å². The third kappa shape index (κ3) is 6.32. The van der Waals surface area contributed by atoms with Crippen molar-refractivity contribution < 1.29 is 14.9 Å². The number of rotatable bonds is 11. The molecule has 1 unspecified atom stereocenters. The zero-order valence-electron chi connectivity index (χ0n) is 20.9. The van der Waals surface area contributed by atoms with Crippen LogP contribution in [0.4, 0.5) is 0 Å². The Kier molecular flexibility index (Phi) is 8.97. The highest BCUT2D eigenvalue weighted by Crippen LogP contribution is 2.41. The number of benzene rings is 3. The second kappa shape index (κ2) is 12.3. The van der Waals surface area contributed by atoms with Gasteiger partial charge in [-0.1, -0.05) is 72.8 Å². The van der Waals surface area contributed by atoms with Crippen LogP contribution in [0.5, 0.6) is 5.75 Å². The lowest BCUT2D eigenvalue weighted by molar-refractivity contribution is -0.0144. The van der Waals surface area contributed by atoms with Gasteiger partial charge in [-0.05, 0) is 93.4 Å². The summed E-state index contributed by atoms with van der Waals surface area (Å²) in [5.41, 5.74) is 1.95. The van der Waals surface area contributed by atoms with E-state index in [1.807, 2.05) is 67.6 Å². The first-order valence-electron chi connectivity index (χ1n) is 13.1. The van der Waals surface area contributed by atoms with Gasteiger partial charge in [-0.2, -0.15) is 0 Å². The number of unbranched alkanes of at least 4 members (excludes halogenated alkanes) is 1. The van der Waals surface area contributed by atoms with Crippen molar-refractivity contribution >= 4 is 0 Å². The Balaban J connectivity index is 1.26. The van der Waals surface area contributed by atoms with Crippen LogP contribution in [-0.4, -0.2) is 41.4 Å². The average molecular weight is 474 g/mol. The zero-order valence-corrected chi connectivity index (χ0v) is 20.9. The van der Waals surface area contributed by atoms with Crippen molar-refractivity contribution in [1.82, 2.24) is 4.90 Å². The summed E-state index contributed by atoms with van der Waals surface area (Å²) in [6, 6.07) is 28.0. The number of ether oxygens (including phenoxy) is 1. The Labute approximate surface area is 210 Å². The number of likely N-dealkylation sites (tertiary alicyclic amines) is 1. The summed E-state index contributed by atoms with van der Waals surface area (Å²) in [6.45, 7) is 5.65. The van der Waals surface area contributed by atoms with Gasteiger partial charge < -0.3 is 19.8 Å². The Morgan fingerprint density at radius 1 is 0.857 bits per heavy atom. The second-order valence-corrected chi connectivity index (χ2v) is 9.63. The number of aliphatic hydroxyl groups is 2. The van der Waals surface area contributed by atoms with E-state index >= 15 is 0 Å². The van der Waals surface area contributed by atoms with E-state index in [-0.39, 0.29) is 5.92 Å². The molecule has 0 aliphatic carbocycles. The van der Waals surface area contributed by atoms with Crippen LogP contribution in [-0.2, 0) is 5.60 Å². The van der Waals surface area contributed by atoms with Gasteiger partial charge in [0.2, 0.25) is 0 Å². The van der Waals surface area contributed by atoms with Crippen molar-refractivity contribution in [1.29, 1.82) is 0 Å². The van der Waals surface area contributed by atoms with Crippen molar-refractivity contribution in [3.05, 3.63) is 102 Å². The van der Waals surface area contributed by atoms with Crippen LogP contribution in [0.25, 0.3) is 0 Å². The highest BCUT2D eigenvalue weighted by atomic mass is 16.5. The van der Waals surface area contributed by atoms with Gasteiger partial charge in [-0.25, -0.2) is 0 Å². The van der Waals surface area contributed by atoms with Crippen LogP contribution in [0.1, 0.15) is 61.8 Å². The van der Waals surface area contributed by atoms with Crippen LogP contribution in [0.2, 0.25) is 0 Å². The van der Waals surface area contributed by atoms with Gasteiger partial charge in [0.1, 0.15) is 11.4 Å². The topological polar surface area (TPSA) is 52.9 Å². The molecule has 3 aromatic rings. The van der Waals surface area contributed by atoms with Crippen LogP contribution in [0, 0.1) is 5.92 Å². The fraction of sp³-hybridized carbons (Fsp3) is 0.419. The van der Waals surface area contributed by atoms with Gasteiger partial charge in [-0.3, -0.25) is 0 Å². The molecule has 0 amide bonds. The van der Waals surface area contributed by atoms with Gasteiger partial charge in [0.25, 0.3) is 0 Å². The summed E-state index contributed by atoms with van der Waals surface area (Å²) < 4.78 is 5.48. The fourth-order valence-corrected chi connectivity index (χ4v) is 5.39. The molecule has 4 nitrogen and oxygen atoms in total. The van der Waals surface area contributed by atoms with E-state index in [1.165, 1.54) is 0 Å². The molecule has 1 aliphatic heterocycles. The maximum absolute atomic E-state index is 12.0. The summed E-state index contributed by atoms with van der Waals surface area (Å²) in [6.07, 6.45) is 4.34. The lowest BCUT2D eigenvalue weighted by Crippen LogP contribution is -2.44. The number of hydrogen-bond donors (Lipinski definition) is 2. The van der Waals surface area contributed by atoms with Gasteiger partial charge in [-0.15, -0.1) is 0 Å². The number of aliphatic hydroxyl groups excluding tert-OH is 1. The smallest absolute Gasteiger partial charge is 0.119 e. The Morgan fingerprint density at radius 2 is 1.43 bits per heavy atom. The molecule has 35 heavy (non-hydrogen) atoms. The molecule has 0 saturated carbocycles. The van der Waals surface area contributed by atoms with E-state index in [0.29, 0.717) is 6.61 Å². The summed E-state index contributed by atoms with van der Waals surface area (Å²) in [4.78, 5) is 2.51. The maximum Gasteiger partial charge on any atom is 0.119 e. The van der Waals surface area contributed by atoms with Crippen molar-refractivity contribution in [3.63, 3.8) is 0 Å². The molecule has 0 spiro atoms. The minimum Gasteiger partial charge on any atom is -0.494 e. The third-order valence-electron chi connectivity index (χ3n) is 7.38. The number of nitrogens with zero attached hydrogens (tertiary/aromatic N) is 1. The van der Waals surface area contributed by atoms with Gasteiger partial charge in [0.05, 0.1) is 12.7 Å². The minimum absolute atomic E-state index is 0.185. The Bertz CT molecular complexity index is 959. The molecule has 4 heteroatoms. The van der Waals surface area contributed by atoms with Crippen LogP contribution in [0.3, 0.4) is 0 Å². The molecule has 0 radical (unpaired) electrons. The SMILES string of the molecule is CCOc1ccc(C(O)CCCCN2CCC(C(O)(c3ccccc3)c3ccccc3)CC2)cc1. The Morgan fingerprint density at radius 3 is 1.97 bits per heavy atom. The van der Waals surface area contributed by atoms with Gasteiger partial charge in [0, 0.05) is 0 Å². The van der Waals surface area contributed by atoms with Crippen molar-refractivity contribution in [2.45, 2.75) is 50.7 Å². The molecule has 1 saturated heterocycles. The normalized spacial score (nSPS) is 16.2. The van der Waals surface area contributed by atoms with E-state index in [9.17, 15) is 10.2 Å². The molecule has 0 aromatic heterocycles. The molecular weight excluding hydrogens is 434 g/mol. The molecule has 4 rings (SSSR count). The molecular formula is C31H39NO3. The van der Waals surface area contributed by atoms with Crippen LogP contribution < -0.4 is 4.74 Å². The van der Waals surface area contributed by atoms with E-state index in [2.05, 4.69) is 29.2 Å². The molecule has 1 aliphatic rings. The predicted octanol–water partition coefficient (Wildman–Crippen LogP) is 5.94. The van der Waals surface area contributed by atoms with Gasteiger partial charge in [0.15, 0.2) is 0 Å². The third-order valence-corrected chi connectivity index (χ3v) is 7.38. The monoisotopic (exact) mass is 473 g/mol. The predicted molar refractivity (Wildman–Crippen MR) is 141 cm³/mol. The lowest BCUT2D eigenvalue weighted by atomic mass is 9.72. The summed E-state index contributed by atoms with van der Waals surface area (Å²) >= 11 is 0. The average Bonchev–Trinajstić information content (AvgIpc) is 2.92. The highest BCUT2D eigenvalue weighted by molar-refractivity contribution is 5.37. The second-order valence-electron chi connectivity index (χ2n) is 9.63. The van der Waals surface area contributed by atoms with Crippen LogP contribution in [0.15, 0.2) is 84.9 Å². The molecule has 1 fully saturated rings. The van der Waals surface area contributed by atoms with Crippen molar-refractivity contribution in [2.75, 3.05) is 26.2 Å². The highest BCUT2D eigenvalue weighted by Gasteiger charge is 2.41. The molecule has 2 N–H and O–H groups in total. The fourth-order valence-electron chi connectivity index (χ4n) is 5.39. The standard InChI is InChI=1S/C31H39NO3/c1-2-35-29-18-16-25(17-19-29)30(33)15-9-10-22-32-23-20-28(21-24-32)31(34,26-11-5-3-6-12-26)27-13-7-4-8-14-27/h3-8,11-14,16-19,28,30,33-34H,2,9-10,15,20-24H2,1H3. The molecule has 1 heterocycles. The van der Waals surface area contributed by atoms with E-state index < -0.39 is 11.7 Å². The minimum atomic E-state index is -0.962. The summed E-state index contributed by atoms with van der Waals surface area (Å²) in [5.74, 6) is 1.03. The van der Waals surface area contributed by atoms with Crippen molar-refractivity contribution in [2.24, 2.45) is 5.92 Å². The first-order valence-corrected chi connectivity index (χ1v) is 13.1. The Hall–Kier alpha value is -2.66. The number of piperidine rings is 1. The molecule has 186 valence electrons. The largest absolute Gasteiger partial charge is 0.494 e. The molecule has 1 atom stereocenters. The summed E-state index contributed by atoms with van der Waals surface area (Å²) in [5, 5.41) is 22.6. The van der Waals surface area contributed by atoms with E-state index in [0.717, 1.165) is 74.2 Å². The first-order chi connectivity index (χ1) is 17.1. The van der Waals surface area contributed by atoms with Crippen molar-refractivity contribution in [3.8, 4) is 5.75 Å². The maximum atomic E-state index is 12.0. The lowest BCUT2D eigenvalue weighted by Gasteiger charge is -2.42. The van der Waals surface area contributed by atoms with Crippen LogP contribution >= 0.6 is 0 Å². The quantitative estimate of drug-likeness (QED) is 0.339. The first kappa shape index (κ1) is 25.4. The van der Waals surface area contributed by atoms with E-state index in [1.54, 1.807) is 0 Å². The molecule has 3 aromatic carbocycles. The summed E-state index contributed by atoms with van der Waals surface area (Å²) in [7, 11) is 0. The zero-order chi connectivity index (χ0) is 24.5. The molecule has 0 bridgehead atoms. The number of hydrogen-bond acceptors (Lipinski definition) is 4. The van der Waals surface area contributed by atoms with E-state index in [4.69, 9.17) is 4.74 Å².